The van der Waals surface area contributed by atoms with E-state index in [1.165, 1.54) is 0 Å². The Morgan fingerprint density at radius 1 is 1.38 bits per heavy atom. The smallest absolute Gasteiger partial charge is 0.169 e. The molecule has 1 heterocycles. The molecule has 0 fully saturated rings. The third-order valence-corrected chi connectivity index (χ3v) is 3.37. The van der Waals surface area contributed by atoms with Crippen molar-refractivity contribution in [2.75, 3.05) is 11.9 Å². The first kappa shape index (κ1) is 15.5. The van der Waals surface area contributed by atoms with Gasteiger partial charge in [-0.15, -0.1) is 0 Å². The minimum Gasteiger partial charge on any atom is -0.493 e. The summed E-state index contributed by atoms with van der Waals surface area (Å²) in [7, 11) is 0. The highest BCUT2D eigenvalue weighted by atomic mass is 79.9. The van der Waals surface area contributed by atoms with Gasteiger partial charge in [0.1, 0.15) is 11.5 Å². The Morgan fingerprint density at radius 3 is 2.95 bits per heavy atom. The molecule has 0 radical (unpaired) electrons. The third-order valence-electron chi connectivity index (χ3n) is 2.94. The standard InChI is InChI=1S/C16H17BrN2O2/c1-12(15-7-8-16(17)21-15)19-13-5-4-6-14(11-13)20-10-3-2-9-18/h4-8,11-12,19H,2-3,10H2,1H3. The number of rotatable bonds is 7. The molecular weight excluding hydrogens is 332 g/mol. The zero-order valence-corrected chi connectivity index (χ0v) is 13.4. The Morgan fingerprint density at radius 2 is 2.24 bits per heavy atom. The van der Waals surface area contributed by atoms with Crippen molar-refractivity contribution in [3.8, 4) is 11.8 Å². The summed E-state index contributed by atoms with van der Waals surface area (Å²) in [6.07, 6.45) is 1.26. The molecule has 1 aromatic carbocycles. The van der Waals surface area contributed by atoms with Crippen LogP contribution < -0.4 is 10.1 Å². The van der Waals surface area contributed by atoms with E-state index in [0.29, 0.717) is 13.0 Å². The average Bonchev–Trinajstić information content (AvgIpc) is 2.91. The lowest BCUT2D eigenvalue weighted by Gasteiger charge is -2.14. The Bertz CT molecular complexity index is 619. The molecule has 0 saturated carbocycles. The van der Waals surface area contributed by atoms with Gasteiger partial charge in [0.05, 0.1) is 18.7 Å². The summed E-state index contributed by atoms with van der Waals surface area (Å²) in [5, 5.41) is 11.9. The van der Waals surface area contributed by atoms with Gasteiger partial charge in [0.25, 0.3) is 0 Å². The number of furan rings is 1. The number of unbranched alkanes of at least 4 members (excludes halogenated alkanes) is 1. The molecule has 21 heavy (non-hydrogen) atoms. The fourth-order valence-electron chi connectivity index (χ4n) is 1.90. The fourth-order valence-corrected chi connectivity index (χ4v) is 2.22. The SMILES string of the molecule is CC(Nc1cccc(OCCCC#N)c1)c1ccc(Br)o1. The van der Waals surface area contributed by atoms with Crippen LogP contribution in [0.15, 0.2) is 45.5 Å². The van der Waals surface area contributed by atoms with Gasteiger partial charge in [-0.3, -0.25) is 0 Å². The van der Waals surface area contributed by atoms with Crippen LogP contribution in [-0.2, 0) is 0 Å². The van der Waals surface area contributed by atoms with Gasteiger partial charge in [-0.25, -0.2) is 0 Å². The van der Waals surface area contributed by atoms with E-state index in [2.05, 4.69) is 27.3 Å². The quantitative estimate of drug-likeness (QED) is 0.723. The first-order chi connectivity index (χ1) is 10.2. The van der Waals surface area contributed by atoms with Crippen LogP contribution >= 0.6 is 15.9 Å². The molecule has 2 rings (SSSR count). The summed E-state index contributed by atoms with van der Waals surface area (Å²) < 4.78 is 11.9. The Balaban J connectivity index is 1.93. The van der Waals surface area contributed by atoms with Crippen molar-refractivity contribution in [3.63, 3.8) is 0 Å². The van der Waals surface area contributed by atoms with E-state index in [1.807, 2.05) is 43.3 Å². The zero-order chi connectivity index (χ0) is 15.1. The van der Waals surface area contributed by atoms with Gasteiger partial charge < -0.3 is 14.5 Å². The lowest BCUT2D eigenvalue weighted by Crippen LogP contribution is -2.05. The Hall–Kier alpha value is -1.93. The second kappa shape index (κ2) is 7.75. The number of nitrogens with zero attached hydrogens (tertiary/aromatic N) is 1. The molecule has 1 aromatic heterocycles. The largest absolute Gasteiger partial charge is 0.493 e. The van der Waals surface area contributed by atoms with Crippen LogP contribution in [-0.4, -0.2) is 6.61 Å². The molecule has 0 bridgehead atoms. The first-order valence-electron chi connectivity index (χ1n) is 6.80. The van der Waals surface area contributed by atoms with Gasteiger partial charge in [0.2, 0.25) is 0 Å². The minimum atomic E-state index is 0.0603. The van der Waals surface area contributed by atoms with E-state index in [4.69, 9.17) is 14.4 Å². The third kappa shape index (κ3) is 4.83. The van der Waals surface area contributed by atoms with E-state index in [1.54, 1.807) is 0 Å². The predicted octanol–water partition coefficient (Wildman–Crippen LogP) is 4.90. The Kier molecular flexibility index (Phi) is 5.70. The number of hydrogen-bond acceptors (Lipinski definition) is 4. The normalized spacial score (nSPS) is 11.7. The van der Waals surface area contributed by atoms with Crippen molar-refractivity contribution in [1.82, 2.24) is 0 Å². The van der Waals surface area contributed by atoms with Crippen LogP contribution in [0.1, 0.15) is 31.6 Å². The number of hydrogen-bond donors (Lipinski definition) is 1. The van der Waals surface area contributed by atoms with Crippen molar-refractivity contribution in [1.29, 1.82) is 5.26 Å². The minimum absolute atomic E-state index is 0.0603. The zero-order valence-electron chi connectivity index (χ0n) is 11.8. The monoisotopic (exact) mass is 348 g/mol. The molecule has 0 amide bonds. The number of nitrogens with one attached hydrogen (secondary N) is 1. The molecule has 110 valence electrons. The predicted molar refractivity (Wildman–Crippen MR) is 85.2 cm³/mol. The number of halogens is 1. The maximum atomic E-state index is 8.49. The second-order valence-electron chi connectivity index (χ2n) is 4.65. The summed E-state index contributed by atoms with van der Waals surface area (Å²) in [5.74, 6) is 1.66. The van der Waals surface area contributed by atoms with E-state index in [-0.39, 0.29) is 6.04 Å². The number of anilines is 1. The van der Waals surface area contributed by atoms with Gasteiger partial charge in [0, 0.05) is 18.2 Å². The molecule has 0 saturated heterocycles. The Labute approximate surface area is 132 Å². The molecule has 2 aromatic rings. The van der Waals surface area contributed by atoms with Gasteiger partial charge in [-0.1, -0.05) is 6.07 Å². The van der Waals surface area contributed by atoms with Crippen LogP contribution in [0.25, 0.3) is 0 Å². The highest BCUT2D eigenvalue weighted by Crippen LogP contribution is 2.25. The van der Waals surface area contributed by atoms with Gasteiger partial charge >= 0.3 is 0 Å². The molecule has 1 atom stereocenters. The van der Waals surface area contributed by atoms with E-state index >= 15 is 0 Å². The lowest BCUT2D eigenvalue weighted by atomic mass is 10.2. The van der Waals surface area contributed by atoms with E-state index in [0.717, 1.165) is 28.3 Å². The number of nitriles is 1. The van der Waals surface area contributed by atoms with Gasteiger partial charge in [-0.05, 0) is 53.5 Å². The molecular formula is C16H17BrN2O2. The van der Waals surface area contributed by atoms with Crippen LogP contribution in [0, 0.1) is 11.3 Å². The van der Waals surface area contributed by atoms with Crippen LogP contribution in [0.4, 0.5) is 5.69 Å². The number of benzene rings is 1. The van der Waals surface area contributed by atoms with Gasteiger partial charge in [0.15, 0.2) is 4.67 Å². The highest BCUT2D eigenvalue weighted by Gasteiger charge is 2.10. The van der Waals surface area contributed by atoms with E-state index < -0.39 is 0 Å². The fraction of sp³-hybridized carbons (Fsp3) is 0.312. The van der Waals surface area contributed by atoms with Crippen LogP contribution in [0.5, 0.6) is 5.75 Å². The lowest BCUT2D eigenvalue weighted by molar-refractivity contribution is 0.313. The summed E-state index contributed by atoms with van der Waals surface area (Å²) >= 11 is 3.30. The van der Waals surface area contributed by atoms with Crippen LogP contribution in [0.2, 0.25) is 0 Å². The summed E-state index contributed by atoms with van der Waals surface area (Å²) in [6.45, 7) is 2.59. The second-order valence-corrected chi connectivity index (χ2v) is 5.43. The van der Waals surface area contributed by atoms with Gasteiger partial charge in [-0.2, -0.15) is 5.26 Å². The van der Waals surface area contributed by atoms with Crippen molar-refractivity contribution < 1.29 is 9.15 Å². The molecule has 0 aliphatic rings. The molecule has 4 nitrogen and oxygen atoms in total. The molecule has 0 spiro atoms. The highest BCUT2D eigenvalue weighted by molar-refractivity contribution is 9.10. The maximum Gasteiger partial charge on any atom is 0.169 e. The summed E-state index contributed by atoms with van der Waals surface area (Å²) in [6, 6.07) is 13.8. The first-order valence-corrected chi connectivity index (χ1v) is 7.60. The molecule has 1 N–H and O–H groups in total. The average molecular weight is 349 g/mol. The molecule has 1 unspecified atom stereocenters. The van der Waals surface area contributed by atoms with Crippen molar-refractivity contribution >= 4 is 21.6 Å². The molecule has 0 aliphatic heterocycles. The van der Waals surface area contributed by atoms with E-state index in [9.17, 15) is 0 Å². The summed E-state index contributed by atoms with van der Waals surface area (Å²) in [4.78, 5) is 0. The van der Waals surface area contributed by atoms with Crippen LogP contribution in [0.3, 0.4) is 0 Å². The molecule has 5 heteroatoms. The maximum absolute atomic E-state index is 8.49. The van der Waals surface area contributed by atoms with Crippen molar-refractivity contribution in [3.05, 3.63) is 46.8 Å². The molecule has 0 aliphatic carbocycles. The van der Waals surface area contributed by atoms with Crippen molar-refractivity contribution in [2.24, 2.45) is 0 Å². The number of ether oxygens (including phenoxy) is 1. The topological polar surface area (TPSA) is 58.2 Å². The van der Waals surface area contributed by atoms with Crippen molar-refractivity contribution in [2.45, 2.75) is 25.8 Å². The summed E-state index contributed by atoms with van der Waals surface area (Å²) in [5.41, 5.74) is 0.966.